The summed E-state index contributed by atoms with van der Waals surface area (Å²) in [6, 6.07) is 13.8. The molecule has 0 saturated heterocycles. The predicted octanol–water partition coefficient (Wildman–Crippen LogP) is 7.61. The van der Waals surface area contributed by atoms with Crippen LogP contribution in [0.25, 0.3) is 11.3 Å². The molecule has 0 amide bonds. The SMILES string of the molecule is O=C(O)c1ccc(C2CC2c2ccc(OC(O)c3c(-c4c(Cl)cccc4Cl)noc3C3CC3)cc2Cl)cn1. The number of carboxylic acids is 1. The molecule has 38 heavy (non-hydrogen) atoms. The van der Waals surface area contributed by atoms with Gasteiger partial charge in [0.1, 0.15) is 22.9 Å². The zero-order valence-corrected chi connectivity index (χ0v) is 22.0. The summed E-state index contributed by atoms with van der Waals surface area (Å²) in [6.07, 6.45) is 2.97. The highest BCUT2D eigenvalue weighted by atomic mass is 35.5. The summed E-state index contributed by atoms with van der Waals surface area (Å²) in [6.45, 7) is 0. The Bertz CT molecular complexity index is 1510. The van der Waals surface area contributed by atoms with E-state index in [4.69, 9.17) is 49.2 Å². The van der Waals surface area contributed by atoms with Gasteiger partial charge in [0, 0.05) is 22.7 Å². The molecule has 3 unspecified atom stereocenters. The average molecular weight is 572 g/mol. The van der Waals surface area contributed by atoms with E-state index in [2.05, 4.69) is 10.1 Å². The quantitative estimate of drug-likeness (QED) is 0.210. The van der Waals surface area contributed by atoms with Gasteiger partial charge in [-0.3, -0.25) is 0 Å². The number of carboxylic acid groups (broad SMARTS) is 1. The van der Waals surface area contributed by atoms with Gasteiger partial charge in [-0.2, -0.15) is 0 Å². The van der Waals surface area contributed by atoms with E-state index < -0.39 is 12.3 Å². The maximum absolute atomic E-state index is 11.2. The van der Waals surface area contributed by atoms with Crippen molar-refractivity contribution in [2.45, 2.75) is 43.3 Å². The van der Waals surface area contributed by atoms with Crippen molar-refractivity contribution in [2.75, 3.05) is 0 Å². The average Bonchev–Trinajstić information content (AvgIpc) is 3.82. The topological polar surface area (TPSA) is 106 Å². The van der Waals surface area contributed by atoms with Crippen molar-refractivity contribution < 1.29 is 24.3 Å². The second kappa shape index (κ2) is 9.89. The third-order valence-electron chi connectivity index (χ3n) is 6.99. The summed E-state index contributed by atoms with van der Waals surface area (Å²) in [5, 5.41) is 25.7. The number of carbonyl (C=O) groups is 1. The van der Waals surface area contributed by atoms with Crippen LogP contribution in [0.15, 0.2) is 59.3 Å². The van der Waals surface area contributed by atoms with Crippen molar-refractivity contribution in [3.05, 3.63) is 97.9 Å². The number of rotatable bonds is 8. The van der Waals surface area contributed by atoms with E-state index in [0.717, 1.165) is 30.4 Å². The third-order valence-corrected chi connectivity index (χ3v) is 7.95. The van der Waals surface area contributed by atoms with Crippen LogP contribution in [-0.2, 0) is 0 Å². The Morgan fingerprint density at radius 3 is 2.42 bits per heavy atom. The zero-order chi connectivity index (χ0) is 26.6. The fraction of sp³-hybridized carbons (Fsp3) is 0.250. The van der Waals surface area contributed by atoms with Gasteiger partial charge in [0.25, 0.3) is 0 Å². The molecular weight excluding hydrogens is 551 g/mol. The first-order chi connectivity index (χ1) is 18.3. The van der Waals surface area contributed by atoms with Crippen LogP contribution in [0.3, 0.4) is 0 Å². The number of aromatic nitrogens is 2. The van der Waals surface area contributed by atoms with Crippen LogP contribution in [0.4, 0.5) is 0 Å². The maximum atomic E-state index is 11.2. The summed E-state index contributed by atoms with van der Waals surface area (Å²) >= 11 is 19.5. The van der Waals surface area contributed by atoms with E-state index in [9.17, 15) is 9.90 Å². The van der Waals surface area contributed by atoms with E-state index in [1.807, 2.05) is 6.07 Å². The molecule has 2 saturated carbocycles. The third kappa shape index (κ3) is 4.76. The van der Waals surface area contributed by atoms with Crippen LogP contribution in [0, 0.1) is 0 Å². The van der Waals surface area contributed by atoms with E-state index in [1.165, 1.54) is 6.07 Å². The first kappa shape index (κ1) is 25.2. The van der Waals surface area contributed by atoms with Crippen LogP contribution >= 0.6 is 34.8 Å². The maximum Gasteiger partial charge on any atom is 0.354 e. The fourth-order valence-electron chi connectivity index (χ4n) is 4.82. The number of aromatic carboxylic acids is 1. The lowest BCUT2D eigenvalue weighted by atomic mass is 10.0. The molecule has 7 nitrogen and oxygen atoms in total. The second-order valence-corrected chi connectivity index (χ2v) is 10.8. The monoisotopic (exact) mass is 570 g/mol. The molecular formula is C28H21Cl3N2O5. The smallest absolute Gasteiger partial charge is 0.354 e. The molecule has 194 valence electrons. The number of aliphatic hydroxyl groups is 1. The van der Waals surface area contributed by atoms with E-state index in [1.54, 1.807) is 42.6 Å². The first-order valence-corrected chi connectivity index (χ1v) is 13.2. The van der Waals surface area contributed by atoms with Gasteiger partial charge in [-0.25, -0.2) is 9.78 Å². The van der Waals surface area contributed by atoms with Crippen molar-refractivity contribution in [3.8, 4) is 17.0 Å². The number of aliphatic hydroxyl groups excluding tert-OH is 1. The van der Waals surface area contributed by atoms with Crippen molar-refractivity contribution in [1.82, 2.24) is 10.1 Å². The van der Waals surface area contributed by atoms with Gasteiger partial charge in [-0.15, -0.1) is 0 Å². The summed E-state index contributed by atoms with van der Waals surface area (Å²) in [4.78, 5) is 15.1. The Morgan fingerprint density at radius 1 is 1.03 bits per heavy atom. The molecule has 0 spiro atoms. The van der Waals surface area contributed by atoms with Crippen molar-refractivity contribution in [3.63, 3.8) is 0 Å². The molecule has 2 fully saturated rings. The van der Waals surface area contributed by atoms with Gasteiger partial charge >= 0.3 is 5.97 Å². The molecule has 2 aromatic heterocycles. The highest BCUT2D eigenvalue weighted by molar-refractivity contribution is 6.39. The van der Waals surface area contributed by atoms with Gasteiger partial charge in [-0.05, 0) is 72.6 Å². The molecule has 2 aliphatic carbocycles. The summed E-state index contributed by atoms with van der Waals surface area (Å²) in [5.74, 6) is 0.447. The number of nitrogens with zero attached hydrogens (tertiary/aromatic N) is 2. The van der Waals surface area contributed by atoms with Gasteiger partial charge in [0.15, 0.2) is 0 Å². The molecule has 10 heteroatoms. The van der Waals surface area contributed by atoms with E-state index in [0.29, 0.717) is 43.4 Å². The molecule has 2 aliphatic rings. The normalized spacial score (nSPS) is 19.3. The number of hydrogen-bond acceptors (Lipinski definition) is 6. The summed E-state index contributed by atoms with van der Waals surface area (Å²) in [5.41, 5.74) is 3.17. The summed E-state index contributed by atoms with van der Waals surface area (Å²) < 4.78 is 11.6. The lowest BCUT2D eigenvalue weighted by Gasteiger charge is -2.16. The number of benzene rings is 2. The minimum absolute atomic E-state index is 0.0154. The van der Waals surface area contributed by atoms with Gasteiger partial charge in [0.05, 0.1) is 15.6 Å². The van der Waals surface area contributed by atoms with E-state index >= 15 is 0 Å². The fourth-order valence-corrected chi connectivity index (χ4v) is 5.71. The Morgan fingerprint density at radius 2 is 1.79 bits per heavy atom. The minimum atomic E-state index is -1.38. The van der Waals surface area contributed by atoms with Crippen LogP contribution in [0.2, 0.25) is 15.1 Å². The Kier molecular flexibility index (Phi) is 6.56. The molecule has 2 aromatic carbocycles. The van der Waals surface area contributed by atoms with E-state index in [-0.39, 0.29) is 23.4 Å². The van der Waals surface area contributed by atoms with Crippen molar-refractivity contribution >= 4 is 40.8 Å². The van der Waals surface area contributed by atoms with Crippen molar-refractivity contribution in [1.29, 1.82) is 0 Å². The number of pyridine rings is 1. The van der Waals surface area contributed by atoms with Crippen molar-refractivity contribution in [2.24, 2.45) is 0 Å². The molecule has 0 bridgehead atoms. The largest absolute Gasteiger partial charge is 0.477 e. The highest BCUT2D eigenvalue weighted by Crippen LogP contribution is 2.56. The number of ether oxygens (including phenoxy) is 1. The number of hydrogen-bond donors (Lipinski definition) is 2. The number of halogens is 3. The van der Waals surface area contributed by atoms with Crippen LogP contribution in [0.1, 0.15) is 76.2 Å². The zero-order valence-electron chi connectivity index (χ0n) is 19.8. The minimum Gasteiger partial charge on any atom is -0.477 e. The highest BCUT2D eigenvalue weighted by Gasteiger charge is 2.41. The molecule has 2 heterocycles. The lowest BCUT2D eigenvalue weighted by Crippen LogP contribution is -2.09. The standard InChI is InChI=1S/C28H21Cl3N2O5/c29-19-2-1-3-20(30)23(19)25-24(26(38-33-25)13-4-5-13)28(36)37-15-7-8-16(21(31)10-15)18-11-17(18)14-6-9-22(27(34)35)32-12-14/h1-3,6-10,12-13,17-18,28,36H,4-5,11H2,(H,34,35). The molecule has 6 rings (SSSR count). The Hall–Kier alpha value is -3.10. The molecule has 0 aliphatic heterocycles. The Labute approximate surface area is 232 Å². The molecule has 3 atom stereocenters. The molecule has 0 radical (unpaired) electrons. The van der Waals surface area contributed by atoms with Crippen LogP contribution < -0.4 is 4.74 Å². The predicted molar refractivity (Wildman–Crippen MR) is 142 cm³/mol. The van der Waals surface area contributed by atoms with Gasteiger partial charge in [0.2, 0.25) is 6.29 Å². The van der Waals surface area contributed by atoms with Crippen LogP contribution in [-0.4, -0.2) is 26.3 Å². The Balaban J connectivity index is 1.23. The molecule has 2 N–H and O–H groups in total. The molecule has 4 aromatic rings. The first-order valence-electron chi connectivity index (χ1n) is 12.1. The van der Waals surface area contributed by atoms with Gasteiger partial charge < -0.3 is 19.5 Å². The van der Waals surface area contributed by atoms with Gasteiger partial charge in [-0.1, -0.05) is 58.2 Å². The van der Waals surface area contributed by atoms with Crippen LogP contribution in [0.5, 0.6) is 5.75 Å². The second-order valence-electron chi connectivity index (χ2n) is 9.56. The lowest BCUT2D eigenvalue weighted by molar-refractivity contribution is -0.0203. The summed E-state index contributed by atoms with van der Waals surface area (Å²) in [7, 11) is 0.